The first-order valence-electron chi connectivity index (χ1n) is 7.00. The lowest BCUT2D eigenvalue weighted by molar-refractivity contribution is -0.149. The monoisotopic (exact) mass is 274 g/mol. The Kier molecular flexibility index (Phi) is 8.97. The molecule has 0 aromatic heterocycles. The number of carbonyl (C=O) groups is 1. The molecule has 0 fully saturated rings. The molecule has 2 N–H and O–H groups in total. The zero-order valence-corrected chi connectivity index (χ0v) is 13.1. The molecular formula is C14H30N2O3. The van der Waals surface area contributed by atoms with Gasteiger partial charge >= 0.3 is 5.97 Å². The zero-order valence-electron chi connectivity index (χ0n) is 13.1. The molecule has 114 valence electrons. The third-order valence-corrected chi connectivity index (χ3v) is 3.36. The maximum absolute atomic E-state index is 11.6. The Morgan fingerprint density at radius 1 is 1.42 bits per heavy atom. The van der Waals surface area contributed by atoms with Crippen LogP contribution >= 0.6 is 0 Å². The van der Waals surface area contributed by atoms with Crippen LogP contribution in [0.3, 0.4) is 0 Å². The zero-order chi connectivity index (χ0) is 14.9. The van der Waals surface area contributed by atoms with Gasteiger partial charge in [-0.25, -0.2) is 0 Å². The molecule has 0 radical (unpaired) electrons. The highest BCUT2D eigenvalue weighted by molar-refractivity contribution is 5.79. The van der Waals surface area contributed by atoms with E-state index in [1.165, 1.54) is 0 Å². The minimum Gasteiger partial charge on any atom is -0.465 e. The number of nitrogens with zero attached hydrogens (tertiary/aromatic N) is 1. The maximum atomic E-state index is 11.6. The van der Waals surface area contributed by atoms with E-state index in [1.54, 1.807) is 21.0 Å². The quantitative estimate of drug-likeness (QED) is 0.482. The predicted octanol–water partition coefficient (Wildman–Crippen LogP) is 1.40. The third kappa shape index (κ3) is 7.50. The molecular weight excluding hydrogens is 244 g/mol. The topological polar surface area (TPSA) is 64.8 Å². The molecule has 0 amide bonds. The summed E-state index contributed by atoms with van der Waals surface area (Å²) in [5.74, 6) is -0.309. The fourth-order valence-electron chi connectivity index (χ4n) is 1.84. The highest BCUT2D eigenvalue weighted by atomic mass is 16.5. The van der Waals surface area contributed by atoms with Gasteiger partial charge in [-0.15, -0.1) is 0 Å². The van der Waals surface area contributed by atoms with Gasteiger partial charge in [0.25, 0.3) is 0 Å². The minimum absolute atomic E-state index is 0.309. The first kappa shape index (κ1) is 18.4. The summed E-state index contributed by atoms with van der Waals surface area (Å²) in [7, 11) is 3.79. The molecule has 5 heteroatoms. The Labute approximate surface area is 117 Å². The Balaban J connectivity index is 3.87. The van der Waals surface area contributed by atoms with Crippen LogP contribution < -0.4 is 5.73 Å². The first-order chi connectivity index (χ1) is 8.85. The minimum atomic E-state index is -0.868. The molecule has 0 spiro atoms. The summed E-state index contributed by atoms with van der Waals surface area (Å²) in [6, 6.07) is 0.402. The van der Waals surface area contributed by atoms with Crippen molar-refractivity contribution in [2.24, 2.45) is 5.73 Å². The van der Waals surface area contributed by atoms with Crippen LogP contribution in [-0.2, 0) is 14.3 Å². The van der Waals surface area contributed by atoms with Gasteiger partial charge in [-0.2, -0.15) is 0 Å². The second kappa shape index (κ2) is 9.28. The molecule has 2 atom stereocenters. The van der Waals surface area contributed by atoms with Crippen molar-refractivity contribution in [3.63, 3.8) is 0 Å². The number of ether oxygens (including phenoxy) is 2. The normalized spacial score (nSPS) is 16.2. The summed E-state index contributed by atoms with van der Waals surface area (Å²) >= 11 is 0. The number of nitrogens with two attached hydrogens (primary N) is 1. The number of rotatable bonds is 10. The number of hydrogen-bond donors (Lipinski definition) is 1. The van der Waals surface area contributed by atoms with Gasteiger partial charge in [0.1, 0.15) is 5.54 Å². The largest absolute Gasteiger partial charge is 0.465 e. The highest BCUT2D eigenvalue weighted by Crippen LogP contribution is 2.13. The molecule has 19 heavy (non-hydrogen) atoms. The van der Waals surface area contributed by atoms with Crippen LogP contribution in [0.1, 0.15) is 40.0 Å². The second-order valence-corrected chi connectivity index (χ2v) is 5.38. The number of carbonyl (C=O) groups excluding carboxylic acids is 1. The molecule has 0 aromatic carbocycles. The van der Waals surface area contributed by atoms with Crippen LogP contribution in [0.4, 0.5) is 0 Å². The van der Waals surface area contributed by atoms with Crippen LogP contribution in [0.5, 0.6) is 0 Å². The van der Waals surface area contributed by atoms with Crippen molar-refractivity contribution in [3.8, 4) is 0 Å². The number of methoxy groups -OCH3 is 1. The van der Waals surface area contributed by atoms with Crippen LogP contribution in [0.15, 0.2) is 0 Å². The Bertz CT molecular complexity index is 257. The summed E-state index contributed by atoms with van der Waals surface area (Å²) in [6.45, 7) is 7.75. The van der Waals surface area contributed by atoms with Crippen molar-refractivity contribution in [2.45, 2.75) is 51.6 Å². The molecule has 0 aliphatic rings. The van der Waals surface area contributed by atoms with Gasteiger partial charge in [0.15, 0.2) is 0 Å². The van der Waals surface area contributed by atoms with E-state index in [0.717, 1.165) is 26.0 Å². The molecule has 0 saturated heterocycles. The van der Waals surface area contributed by atoms with Crippen LogP contribution in [-0.4, -0.2) is 56.4 Å². The standard InChI is InChI=1S/C14H30N2O3/c1-6-19-13(17)14(3,15)9-7-8-10-16(4)12(2)11-18-5/h12H,6-11,15H2,1-5H3. The van der Waals surface area contributed by atoms with Crippen molar-refractivity contribution in [1.29, 1.82) is 0 Å². The van der Waals surface area contributed by atoms with E-state index in [-0.39, 0.29) is 5.97 Å². The molecule has 0 heterocycles. The Hall–Kier alpha value is -0.650. The van der Waals surface area contributed by atoms with E-state index in [2.05, 4.69) is 18.9 Å². The van der Waals surface area contributed by atoms with E-state index in [4.69, 9.17) is 15.2 Å². The number of likely N-dealkylation sites (N-methyl/N-ethyl adjacent to an activating group) is 1. The van der Waals surface area contributed by atoms with Gasteiger partial charge in [-0.05, 0) is 53.6 Å². The van der Waals surface area contributed by atoms with E-state index >= 15 is 0 Å². The maximum Gasteiger partial charge on any atom is 0.325 e. The molecule has 0 aliphatic carbocycles. The van der Waals surface area contributed by atoms with Crippen molar-refractivity contribution >= 4 is 5.97 Å². The fourth-order valence-corrected chi connectivity index (χ4v) is 1.84. The fraction of sp³-hybridized carbons (Fsp3) is 0.929. The van der Waals surface area contributed by atoms with Gasteiger partial charge in [-0.3, -0.25) is 4.79 Å². The summed E-state index contributed by atoms with van der Waals surface area (Å²) < 4.78 is 10.1. The van der Waals surface area contributed by atoms with Gasteiger partial charge in [0.2, 0.25) is 0 Å². The molecule has 0 saturated carbocycles. The van der Waals surface area contributed by atoms with Crippen molar-refractivity contribution in [2.75, 3.05) is 33.9 Å². The number of hydrogen-bond acceptors (Lipinski definition) is 5. The molecule has 0 aliphatic heterocycles. The Morgan fingerprint density at radius 2 is 2.05 bits per heavy atom. The molecule has 0 rings (SSSR count). The lowest BCUT2D eigenvalue weighted by atomic mass is 9.96. The SMILES string of the molecule is CCOC(=O)C(C)(N)CCCCN(C)C(C)COC. The molecule has 0 bridgehead atoms. The van der Waals surface area contributed by atoms with E-state index in [9.17, 15) is 4.79 Å². The lowest BCUT2D eigenvalue weighted by Crippen LogP contribution is -2.46. The summed E-state index contributed by atoms with van der Waals surface area (Å²) in [6.07, 6.45) is 2.57. The van der Waals surface area contributed by atoms with Crippen LogP contribution in [0, 0.1) is 0 Å². The van der Waals surface area contributed by atoms with Gasteiger partial charge in [-0.1, -0.05) is 0 Å². The van der Waals surface area contributed by atoms with Crippen molar-refractivity contribution in [3.05, 3.63) is 0 Å². The number of esters is 1. The summed E-state index contributed by atoms with van der Waals surface area (Å²) in [5.41, 5.74) is 5.09. The summed E-state index contributed by atoms with van der Waals surface area (Å²) in [4.78, 5) is 13.9. The third-order valence-electron chi connectivity index (χ3n) is 3.36. The van der Waals surface area contributed by atoms with Gasteiger partial charge < -0.3 is 20.1 Å². The molecule has 5 nitrogen and oxygen atoms in total. The van der Waals surface area contributed by atoms with Crippen LogP contribution in [0.2, 0.25) is 0 Å². The predicted molar refractivity (Wildman–Crippen MR) is 77.0 cm³/mol. The van der Waals surface area contributed by atoms with Gasteiger partial charge in [0, 0.05) is 13.2 Å². The highest BCUT2D eigenvalue weighted by Gasteiger charge is 2.29. The molecule has 2 unspecified atom stereocenters. The smallest absolute Gasteiger partial charge is 0.325 e. The summed E-state index contributed by atoms with van der Waals surface area (Å²) in [5, 5.41) is 0. The van der Waals surface area contributed by atoms with Crippen LogP contribution in [0.25, 0.3) is 0 Å². The van der Waals surface area contributed by atoms with Crippen molar-refractivity contribution in [1.82, 2.24) is 4.90 Å². The lowest BCUT2D eigenvalue weighted by Gasteiger charge is -2.25. The average molecular weight is 274 g/mol. The Morgan fingerprint density at radius 3 is 2.58 bits per heavy atom. The first-order valence-corrected chi connectivity index (χ1v) is 7.00. The number of unbranched alkanes of at least 4 members (excludes halogenated alkanes) is 1. The van der Waals surface area contributed by atoms with E-state index in [0.29, 0.717) is 19.1 Å². The molecule has 0 aromatic rings. The van der Waals surface area contributed by atoms with Gasteiger partial charge in [0.05, 0.1) is 13.2 Å². The second-order valence-electron chi connectivity index (χ2n) is 5.38. The van der Waals surface area contributed by atoms with Crippen molar-refractivity contribution < 1.29 is 14.3 Å². The van der Waals surface area contributed by atoms with E-state index in [1.807, 2.05) is 0 Å². The van der Waals surface area contributed by atoms with E-state index < -0.39 is 5.54 Å². The average Bonchev–Trinajstić information content (AvgIpc) is 2.35.